The molecule has 0 radical (unpaired) electrons. The summed E-state index contributed by atoms with van der Waals surface area (Å²) < 4.78 is 14.4. The summed E-state index contributed by atoms with van der Waals surface area (Å²) in [5.74, 6) is -2.41. The van der Waals surface area contributed by atoms with E-state index in [2.05, 4.69) is 0 Å². The molecule has 1 atom stereocenters. The molecule has 1 aromatic carbocycles. The van der Waals surface area contributed by atoms with E-state index in [1.165, 1.54) is 11.0 Å². The summed E-state index contributed by atoms with van der Waals surface area (Å²) in [4.78, 5) is 28.5. The quantitative estimate of drug-likeness (QED) is 0.823. The van der Waals surface area contributed by atoms with Gasteiger partial charge in [-0.3, -0.25) is 9.59 Å². The Kier molecular flexibility index (Phi) is 5.95. The number of aliphatic hydroxyl groups excluding tert-OH is 1. The molecule has 1 N–H and O–H groups in total. The number of benzene rings is 1. The Bertz CT molecular complexity index is 698. The number of amides is 1. The highest BCUT2D eigenvalue weighted by Crippen LogP contribution is 2.39. The maximum Gasteiger partial charge on any atom is 0.290 e. The van der Waals surface area contributed by atoms with Gasteiger partial charge in [0.1, 0.15) is 5.82 Å². The van der Waals surface area contributed by atoms with Gasteiger partial charge in [-0.15, -0.1) is 0 Å². The van der Waals surface area contributed by atoms with E-state index < -0.39 is 29.4 Å². The molecular weight excluding hydrogens is 323 g/mol. The molecule has 5 nitrogen and oxygen atoms in total. The fraction of sp³-hybridized carbons (Fsp3) is 0.474. The van der Waals surface area contributed by atoms with Gasteiger partial charge in [-0.1, -0.05) is 32.0 Å². The van der Waals surface area contributed by atoms with Gasteiger partial charge in [0, 0.05) is 18.0 Å². The van der Waals surface area contributed by atoms with E-state index in [4.69, 9.17) is 0 Å². The van der Waals surface area contributed by atoms with Gasteiger partial charge in [0.2, 0.25) is 0 Å². The molecule has 1 heterocycles. The molecule has 1 aliphatic heterocycles. The zero-order valence-corrected chi connectivity index (χ0v) is 15.1. The van der Waals surface area contributed by atoms with Crippen LogP contribution in [0.2, 0.25) is 0 Å². The molecule has 0 spiro atoms. The summed E-state index contributed by atoms with van der Waals surface area (Å²) in [7, 11) is 3.84. The molecule has 0 saturated heterocycles. The fourth-order valence-corrected chi connectivity index (χ4v) is 3.02. The number of ketones is 1. The minimum Gasteiger partial charge on any atom is -0.503 e. The Balaban J connectivity index is 2.45. The molecule has 0 saturated carbocycles. The third kappa shape index (κ3) is 3.90. The van der Waals surface area contributed by atoms with Gasteiger partial charge in [0.25, 0.3) is 5.91 Å². The minimum absolute atomic E-state index is 0.00467. The van der Waals surface area contributed by atoms with Crippen LogP contribution in [-0.4, -0.2) is 53.8 Å². The summed E-state index contributed by atoms with van der Waals surface area (Å²) in [5, 5.41) is 10.3. The van der Waals surface area contributed by atoms with Crippen LogP contribution in [0.25, 0.3) is 0 Å². The Morgan fingerprint density at radius 1 is 1.32 bits per heavy atom. The number of Topliss-reactive ketones (excluding diaryl/α,β-unsaturated/α-hetero) is 1. The van der Waals surface area contributed by atoms with E-state index in [9.17, 15) is 19.1 Å². The van der Waals surface area contributed by atoms with Gasteiger partial charge in [-0.05, 0) is 33.1 Å². The van der Waals surface area contributed by atoms with Crippen molar-refractivity contribution < 1.29 is 19.1 Å². The van der Waals surface area contributed by atoms with Gasteiger partial charge < -0.3 is 14.9 Å². The molecule has 0 bridgehead atoms. The maximum atomic E-state index is 14.4. The van der Waals surface area contributed by atoms with Gasteiger partial charge in [-0.25, -0.2) is 4.39 Å². The maximum absolute atomic E-state index is 14.4. The van der Waals surface area contributed by atoms with Crippen molar-refractivity contribution in [3.63, 3.8) is 0 Å². The SMILES string of the molecule is CC(C)C(=O)C1=C(O)C(=O)N(CCCN(C)C)C1c1ccccc1F. The lowest BCUT2D eigenvalue weighted by atomic mass is 9.91. The number of hydrogen-bond acceptors (Lipinski definition) is 4. The smallest absolute Gasteiger partial charge is 0.290 e. The third-order valence-corrected chi connectivity index (χ3v) is 4.30. The van der Waals surface area contributed by atoms with E-state index in [1.807, 2.05) is 19.0 Å². The molecule has 6 heteroatoms. The second-order valence-electron chi connectivity index (χ2n) is 6.86. The second-order valence-corrected chi connectivity index (χ2v) is 6.86. The van der Waals surface area contributed by atoms with Crippen molar-refractivity contribution in [1.82, 2.24) is 9.80 Å². The molecule has 0 fully saturated rings. The van der Waals surface area contributed by atoms with Gasteiger partial charge in [0.05, 0.1) is 11.6 Å². The monoisotopic (exact) mass is 348 g/mol. The molecule has 1 aliphatic rings. The number of carbonyl (C=O) groups excluding carboxylic acids is 2. The molecule has 25 heavy (non-hydrogen) atoms. The normalized spacial score (nSPS) is 18.0. The van der Waals surface area contributed by atoms with Crippen LogP contribution in [0.4, 0.5) is 4.39 Å². The summed E-state index contributed by atoms with van der Waals surface area (Å²) >= 11 is 0. The predicted octanol–water partition coefficient (Wildman–Crippen LogP) is 2.70. The van der Waals surface area contributed by atoms with Crippen molar-refractivity contribution in [2.24, 2.45) is 5.92 Å². The lowest BCUT2D eigenvalue weighted by molar-refractivity contribution is -0.129. The average molecular weight is 348 g/mol. The second kappa shape index (κ2) is 7.78. The summed E-state index contributed by atoms with van der Waals surface area (Å²) in [6.45, 7) is 4.46. The predicted molar refractivity (Wildman–Crippen MR) is 93.5 cm³/mol. The van der Waals surface area contributed by atoms with Gasteiger partial charge in [0.15, 0.2) is 11.5 Å². The highest BCUT2D eigenvalue weighted by atomic mass is 19.1. The number of rotatable bonds is 7. The van der Waals surface area contributed by atoms with Crippen molar-refractivity contribution in [2.75, 3.05) is 27.2 Å². The van der Waals surface area contributed by atoms with Crippen LogP contribution < -0.4 is 0 Å². The highest BCUT2D eigenvalue weighted by molar-refractivity contribution is 6.09. The van der Waals surface area contributed by atoms with Crippen LogP contribution in [0.15, 0.2) is 35.6 Å². The van der Waals surface area contributed by atoms with Crippen molar-refractivity contribution >= 4 is 11.7 Å². The van der Waals surface area contributed by atoms with Crippen LogP contribution in [-0.2, 0) is 9.59 Å². The van der Waals surface area contributed by atoms with Crippen LogP contribution >= 0.6 is 0 Å². The fourth-order valence-electron chi connectivity index (χ4n) is 3.02. The van der Waals surface area contributed by atoms with Crippen LogP contribution in [0.1, 0.15) is 31.9 Å². The number of aliphatic hydroxyl groups is 1. The van der Waals surface area contributed by atoms with Crippen LogP contribution in [0.3, 0.4) is 0 Å². The molecule has 2 rings (SSSR count). The third-order valence-electron chi connectivity index (χ3n) is 4.30. The first-order chi connectivity index (χ1) is 11.8. The summed E-state index contributed by atoms with van der Waals surface area (Å²) in [6, 6.07) is 5.18. The minimum atomic E-state index is -0.884. The zero-order chi connectivity index (χ0) is 18.7. The van der Waals surface area contributed by atoms with Crippen LogP contribution in [0.5, 0.6) is 0 Å². The first kappa shape index (κ1) is 19.1. The van der Waals surface area contributed by atoms with Crippen molar-refractivity contribution in [2.45, 2.75) is 26.3 Å². The zero-order valence-electron chi connectivity index (χ0n) is 15.1. The molecule has 1 aromatic rings. The summed E-state index contributed by atoms with van der Waals surface area (Å²) in [5.41, 5.74) is 0.226. The Hall–Kier alpha value is -2.21. The lowest BCUT2D eigenvalue weighted by Crippen LogP contribution is -2.34. The number of nitrogens with zero attached hydrogens (tertiary/aromatic N) is 2. The van der Waals surface area contributed by atoms with E-state index in [1.54, 1.807) is 32.0 Å². The van der Waals surface area contributed by atoms with Crippen LogP contribution in [0, 0.1) is 11.7 Å². The molecular formula is C19H25FN2O3. The Labute approximate surface area is 147 Å². The van der Waals surface area contributed by atoms with E-state index >= 15 is 0 Å². The van der Waals surface area contributed by atoms with E-state index in [-0.39, 0.29) is 16.9 Å². The lowest BCUT2D eigenvalue weighted by Gasteiger charge is -2.28. The highest BCUT2D eigenvalue weighted by Gasteiger charge is 2.44. The summed E-state index contributed by atoms with van der Waals surface area (Å²) in [6.07, 6.45) is 0.653. The van der Waals surface area contributed by atoms with E-state index in [0.717, 1.165) is 6.54 Å². The molecule has 136 valence electrons. The average Bonchev–Trinajstić information content (AvgIpc) is 2.79. The first-order valence-electron chi connectivity index (χ1n) is 8.43. The van der Waals surface area contributed by atoms with Gasteiger partial charge >= 0.3 is 0 Å². The molecule has 1 unspecified atom stereocenters. The molecule has 0 aliphatic carbocycles. The van der Waals surface area contributed by atoms with Crippen molar-refractivity contribution in [3.8, 4) is 0 Å². The first-order valence-corrected chi connectivity index (χ1v) is 8.43. The van der Waals surface area contributed by atoms with E-state index in [0.29, 0.717) is 13.0 Å². The van der Waals surface area contributed by atoms with Gasteiger partial charge in [-0.2, -0.15) is 0 Å². The Morgan fingerprint density at radius 2 is 1.96 bits per heavy atom. The molecule has 1 amide bonds. The number of carbonyl (C=O) groups is 2. The molecule has 0 aromatic heterocycles. The number of halogens is 1. The van der Waals surface area contributed by atoms with Crippen molar-refractivity contribution in [1.29, 1.82) is 0 Å². The number of hydrogen-bond donors (Lipinski definition) is 1. The van der Waals surface area contributed by atoms with Crippen molar-refractivity contribution in [3.05, 3.63) is 47.0 Å². The standard InChI is InChI=1S/C19H25FN2O3/c1-12(2)17(23)15-16(13-8-5-6-9-14(13)20)22(19(25)18(15)24)11-7-10-21(3)4/h5-6,8-9,12,16,24H,7,10-11H2,1-4H3. The topological polar surface area (TPSA) is 60.9 Å². The Morgan fingerprint density at radius 3 is 2.52 bits per heavy atom. The largest absolute Gasteiger partial charge is 0.503 e.